The topological polar surface area (TPSA) is 53.7 Å². The fourth-order valence-corrected chi connectivity index (χ4v) is 2.18. The molecule has 0 saturated heterocycles. The molecule has 0 aliphatic carbocycles. The van der Waals surface area contributed by atoms with Gasteiger partial charge in [-0.15, -0.1) is 0 Å². The first-order chi connectivity index (χ1) is 8.54. The predicted molar refractivity (Wildman–Crippen MR) is 72.7 cm³/mol. The van der Waals surface area contributed by atoms with Crippen molar-refractivity contribution in [1.82, 2.24) is 4.90 Å². The largest absolute Gasteiger partial charge is 0.451 e. The second-order valence-corrected chi connectivity index (χ2v) is 5.06. The van der Waals surface area contributed by atoms with E-state index in [2.05, 4.69) is 15.9 Å². The summed E-state index contributed by atoms with van der Waals surface area (Å²) in [6, 6.07) is 5.63. The number of amides is 1. The maximum atomic E-state index is 12.1. The highest BCUT2D eigenvalue weighted by Crippen LogP contribution is 2.28. The number of rotatable bonds is 3. The van der Waals surface area contributed by atoms with E-state index in [9.17, 15) is 4.79 Å². The highest BCUT2D eigenvalue weighted by molar-refractivity contribution is 9.10. The zero-order valence-electron chi connectivity index (χ0n) is 10.2. The average Bonchev–Trinajstić information content (AvgIpc) is 2.66. The molecular formula is C13H14BrNO3. The number of fused-ring (bicyclic) bond motifs is 1. The summed E-state index contributed by atoms with van der Waals surface area (Å²) in [6.45, 7) is 2.09. The zero-order valence-corrected chi connectivity index (χ0v) is 11.8. The van der Waals surface area contributed by atoms with E-state index in [0.717, 1.165) is 15.4 Å². The van der Waals surface area contributed by atoms with Crippen molar-refractivity contribution in [2.45, 2.75) is 6.92 Å². The van der Waals surface area contributed by atoms with Gasteiger partial charge in [0.05, 0.1) is 6.61 Å². The van der Waals surface area contributed by atoms with Gasteiger partial charge in [0.2, 0.25) is 0 Å². The standard InChI is InChI=1S/C13H14BrNO3/c1-8-10-7-9(14)3-4-11(10)18-12(8)13(17)15(2)5-6-16/h3-4,7,16H,5-6H2,1-2H3. The lowest BCUT2D eigenvalue weighted by Crippen LogP contribution is -2.29. The van der Waals surface area contributed by atoms with Crippen LogP contribution in [-0.2, 0) is 0 Å². The van der Waals surface area contributed by atoms with E-state index < -0.39 is 0 Å². The summed E-state index contributed by atoms with van der Waals surface area (Å²) in [5.41, 5.74) is 1.51. The van der Waals surface area contributed by atoms with Crippen molar-refractivity contribution in [2.24, 2.45) is 0 Å². The second kappa shape index (κ2) is 5.12. The Balaban J connectivity index is 2.46. The lowest BCUT2D eigenvalue weighted by atomic mass is 10.1. The lowest BCUT2D eigenvalue weighted by molar-refractivity contribution is 0.0737. The van der Waals surface area contributed by atoms with Crippen molar-refractivity contribution >= 4 is 32.8 Å². The number of carbonyl (C=O) groups is 1. The number of hydrogen-bond donors (Lipinski definition) is 1. The molecule has 96 valence electrons. The van der Waals surface area contributed by atoms with Crippen LogP contribution in [0.4, 0.5) is 0 Å². The third-order valence-corrected chi connectivity index (χ3v) is 3.37. The maximum absolute atomic E-state index is 12.1. The minimum absolute atomic E-state index is 0.0624. The molecule has 0 aliphatic heterocycles. The van der Waals surface area contributed by atoms with E-state index in [4.69, 9.17) is 9.52 Å². The first-order valence-electron chi connectivity index (χ1n) is 5.59. The Labute approximate surface area is 113 Å². The van der Waals surface area contributed by atoms with Crippen LogP contribution in [0, 0.1) is 6.92 Å². The van der Waals surface area contributed by atoms with E-state index >= 15 is 0 Å². The Morgan fingerprint density at radius 1 is 1.50 bits per heavy atom. The number of hydrogen-bond acceptors (Lipinski definition) is 3. The number of nitrogens with zero attached hydrogens (tertiary/aromatic N) is 1. The third kappa shape index (κ3) is 2.28. The molecule has 2 aromatic rings. The van der Waals surface area contributed by atoms with Crippen molar-refractivity contribution in [2.75, 3.05) is 20.2 Å². The summed E-state index contributed by atoms with van der Waals surface area (Å²) in [7, 11) is 1.64. The number of benzene rings is 1. The van der Waals surface area contributed by atoms with Crippen molar-refractivity contribution in [1.29, 1.82) is 0 Å². The number of aryl methyl sites for hydroxylation is 1. The lowest BCUT2D eigenvalue weighted by Gasteiger charge is -2.13. The van der Waals surface area contributed by atoms with Crippen LogP contribution in [0.15, 0.2) is 27.1 Å². The van der Waals surface area contributed by atoms with Gasteiger partial charge in [0.15, 0.2) is 5.76 Å². The van der Waals surface area contributed by atoms with Gasteiger partial charge in [-0.1, -0.05) is 15.9 Å². The summed E-state index contributed by atoms with van der Waals surface area (Å²) >= 11 is 3.40. The summed E-state index contributed by atoms with van der Waals surface area (Å²) in [5, 5.41) is 9.77. The molecule has 1 N–H and O–H groups in total. The maximum Gasteiger partial charge on any atom is 0.289 e. The number of furan rings is 1. The Morgan fingerprint density at radius 3 is 2.89 bits per heavy atom. The van der Waals surface area contributed by atoms with Crippen LogP contribution in [0.5, 0.6) is 0 Å². The van der Waals surface area contributed by atoms with Crippen LogP contribution < -0.4 is 0 Å². The molecule has 0 atom stereocenters. The molecule has 18 heavy (non-hydrogen) atoms. The summed E-state index contributed by atoms with van der Waals surface area (Å²) in [4.78, 5) is 13.6. The van der Waals surface area contributed by atoms with Gasteiger partial charge in [0.25, 0.3) is 5.91 Å². The molecule has 1 heterocycles. The Morgan fingerprint density at radius 2 is 2.22 bits per heavy atom. The van der Waals surface area contributed by atoms with Crippen LogP contribution in [0.1, 0.15) is 16.1 Å². The molecule has 0 radical (unpaired) electrons. The molecule has 1 amide bonds. The van der Waals surface area contributed by atoms with Crippen molar-refractivity contribution < 1.29 is 14.3 Å². The van der Waals surface area contributed by atoms with Crippen molar-refractivity contribution in [3.63, 3.8) is 0 Å². The van der Waals surface area contributed by atoms with Crippen molar-refractivity contribution in [3.8, 4) is 0 Å². The summed E-state index contributed by atoms with van der Waals surface area (Å²) in [6.07, 6.45) is 0. The molecule has 1 aromatic heterocycles. The molecule has 0 bridgehead atoms. The van der Waals surface area contributed by atoms with E-state index in [-0.39, 0.29) is 12.5 Å². The Hall–Kier alpha value is -1.33. The van der Waals surface area contributed by atoms with Gasteiger partial charge < -0.3 is 14.4 Å². The molecule has 2 rings (SSSR count). The molecular weight excluding hydrogens is 298 g/mol. The monoisotopic (exact) mass is 311 g/mol. The van der Waals surface area contributed by atoms with Crippen LogP contribution in [0.3, 0.4) is 0 Å². The molecule has 5 heteroatoms. The molecule has 0 aliphatic rings. The first-order valence-corrected chi connectivity index (χ1v) is 6.39. The van der Waals surface area contributed by atoms with Gasteiger partial charge in [0, 0.05) is 29.0 Å². The zero-order chi connectivity index (χ0) is 13.3. The van der Waals surface area contributed by atoms with E-state index in [1.54, 1.807) is 7.05 Å². The normalized spacial score (nSPS) is 10.9. The fraction of sp³-hybridized carbons (Fsp3) is 0.308. The van der Waals surface area contributed by atoms with E-state index in [0.29, 0.717) is 17.9 Å². The molecule has 4 nitrogen and oxygen atoms in total. The summed E-state index contributed by atoms with van der Waals surface area (Å²) in [5.74, 6) is 0.118. The third-order valence-electron chi connectivity index (χ3n) is 2.87. The molecule has 0 saturated carbocycles. The van der Waals surface area contributed by atoms with Crippen LogP contribution in [0.2, 0.25) is 0 Å². The highest BCUT2D eigenvalue weighted by Gasteiger charge is 2.20. The average molecular weight is 312 g/mol. The van der Waals surface area contributed by atoms with E-state index in [1.807, 2.05) is 25.1 Å². The minimum Gasteiger partial charge on any atom is -0.451 e. The SMILES string of the molecule is Cc1c(C(=O)N(C)CCO)oc2ccc(Br)cc12. The van der Waals surface area contributed by atoms with Crippen LogP contribution in [-0.4, -0.2) is 36.1 Å². The number of halogens is 1. The number of likely N-dealkylation sites (N-methyl/N-ethyl adjacent to an activating group) is 1. The number of aliphatic hydroxyl groups is 1. The van der Waals surface area contributed by atoms with Crippen LogP contribution in [0.25, 0.3) is 11.0 Å². The fourth-order valence-electron chi connectivity index (χ4n) is 1.82. The molecule has 0 fully saturated rings. The summed E-state index contributed by atoms with van der Waals surface area (Å²) < 4.78 is 6.54. The molecule has 0 unspecified atom stereocenters. The van der Waals surface area contributed by atoms with Gasteiger partial charge in [-0.25, -0.2) is 0 Å². The van der Waals surface area contributed by atoms with Gasteiger partial charge in [-0.3, -0.25) is 4.79 Å². The van der Waals surface area contributed by atoms with Gasteiger partial charge in [0.1, 0.15) is 5.58 Å². The van der Waals surface area contributed by atoms with Gasteiger partial charge in [-0.2, -0.15) is 0 Å². The van der Waals surface area contributed by atoms with Gasteiger partial charge in [-0.05, 0) is 25.1 Å². The predicted octanol–water partition coefficient (Wildman–Crippen LogP) is 2.57. The van der Waals surface area contributed by atoms with Crippen molar-refractivity contribution in [3.05, 3.63) is 34.0 Å². The smallest absolute Gasteiger partial charge is 0.289 e. The molecule has 1 aromatic carbocycles. The number of aliphatic hydroxyl groups excluding tert-OH is 1. The first kappa shape index (κ1) is 13.1. The molecule has 0 spiro atoms. The Kier molecular flexibility index (Phi) is 3.73. The minimum atomic E-state index is -0.214. The Bertz CT molecular complexity index is 591. The quantitative estimate of drug-likeness (QED) is 0.948. The van der Waals surface area contributed by atoms with Gasteiger partial charge >= 0.3 is 0 Å². The number of carbonyl (C=O) groups excluding carboxylic acids is 1. The highest BCUT2D eigenvalue weighted by atomic mass is 79.9. The second-order valence-electron chi connectivity index (χ2n) is 4.15. The van der Waals surface area contributed by atoms with Crippen LogP contribution >= 0.6 is 15.9 Å². The van der Waals surface area contributed by atoms with E-state index in [1.165, 1.54) is 4.90 Å².